The number of aliphatic hydroxyl groups excluding tert-OH is 1. The van der Waals surface area contributed by atoms with Gasteiger partial charge in [0.15, 0.2) is 6.79 Å². The van der Waals surface area contributed by atoms with Crippen LogP contribution in [0.25, 0.3) is 0 Å². The van der Waals surface area contributed by atoms with Crippen LogP contribution < -0.4 is 4.74 Å². The maximum atomic E-state index is 12.7. The van der Waals surface area contributed by atoms with Crippen molar-refractivity contribution in [1.29, 1.82) is 0 Å². The fourth-order valence-electron chi connectivity index (χ4n) is 3.99. The van der Waals surface area contributed by atoms with E-state index in [1.165, 1.54) is 60.7 Å². The number of hydrogen-bond donors (Lipinski definition) is 3. The highest BCUT2D eigenvalue weighted by Gasteiger charge is 2.27. The Balaban J connectivity index is 1.46. The van der Waals surface area contributed by atoms with E-state index in [1.54, 1.807) is 27.7 Å². The second kappa shape index (κ2) is 16.4. The monoisotopic (exact) mass is 680 g/mol. The predicted octanol–water partition coefficient (Wildman–Crippen LogP) is 4.49. The molecule has 0 aliphatic heterocycles. The Kier molecular flexibility index (Phi) is 12.6. The van der Waals surface area contributed by atoms with Crippen molar-refractivity contribution in [3.63, 3.8) is 0 Å². The third-order valence-corrected chi connectivity index (χ3v) is 6.77. The van der Waals surface area contributed by atoms with E-state index in [1.807, 2.05) is 0 Å². The number of aromatic carboxylic acids is 2. The molecule has 0 amide bonds. The SMILES string of the molecule is CC(C)(COC(=O)c1ccc(C(=O)O)cc1)COC(=O)c1ccc(C(=O)OCC(C)(C)COC(=O)c2ccc(OCO)cc2C(=O)O)cc1. The molecule has 0 saturated heterocycles. The quantitative estimate of drug-likeness (QED) is 0.108. The molecular formula is C35H36O14. The number of rotatable bonds is 16. The van der Waals surface area contributed by atoms with Crippen LogP contribution in [0.5, 0.6) is 5.75 Å². The highest BCUT2D eigenvalue weighted by molar-refractivity contribution is 6.02. The number of aliphatic hydroxyl groups is 1. The molecule has 0 spiro atoms. The van der Waals surface area contributed by atoms with Crippen molar-refractivity contribution in [2.24, 2.45) is 10.8 Å². The van der Waals surface area contributed by atoms with Gasteiger partial charge in [-0.05, 0) is 66.7 Å². The van der Waals surface area contributed by atoms with Crippen molar-refractivity contribution in [2.45, 2.75) is 27.7 Å². The van der Waals surface area contributed by atoms with Crippen LogP contribution in [-0.2, 0) is 18.9 Å². The molecule has 0 unspecified atom stereocenters. The van der Waals surface area contributed by atoms with Gasteiger partial charge in [-0.15, -0.1) is 0 Å². The normalized spacial score (nSPS) is 11.2. The van der Waals surface area contributed by atoms with Crippen LogP contribution in [0.15, 0.2) is 66.7 Å². The van der Waals surface area contributed by atoms with Gasteiger partial charge < -0.3 is 39.0 Å². The molecule has 49 heavy (non-hydrogen) atoms. The number of carboxylic acid groups (broad SMARTS) is 2. The molecule has 0 aromatic heterocycles. The molecule has 0 heterocycles. The largest absolute Gasteiger partial charge is 0.478 e. The second-order valence-corrected chi connectivity index (χ2v) is 12.4. The molecule has 14 nitrogen and oxygen atoms in total. The minimum atomic E-state index is -1.39. The summed E-state index contributed by atoms with van der Waals surface area (Å²) in [6, 6.07) is 14.4. The number of carbonyl (C=O) groups excluding carboxylic acids is 4. The summed E-state index contributed by atoms with van der Waals surface area (Å²) in [4.78, 5) is 72.8. The maximum absolute atomic E-state index is 12.7. The third kappa shape index (κ3) is 11.2. The van der Waals surface area contributed by atoms with Gasteiger partial charge in [0.2, 0.25) is 0 Å². The molecule has 260 valence electrons. The number of carbonyl (C=O) groups is 6. The van der Waals surface area contributed by atoms with Gasteiger partial charge in [0, 0.05) is 10.8 Å². The maximum Gasteiger partial charge on any atom is 0.339 e. The number of ether oxygens (including phenoxy) is 5. The molecule has 0 bridgehead atoms. The zero-order valence-electron chi connectivity index (χ0n) is 27.2. The first kappa shape index (κ1) is 37.7. The van der Waals surface area contributed by atoms with Crippen molar-refractivity contribution in [2.75, 3.05) is 33.2 Å². The van der Waals surface area contributed by atoms with E-state index in [4.69, 9.17) is 33.9 Å². The number of hydrogen-bond acceptors (Lipinski definition) is 12. The Bertz CT molecular complexity index is 1690. The molecule has 3 rings (SSSR count). The average molecular weight is 681 g/mol. The summed E-state index contributed by atoms with van der Waals surface area (Å²) in [5.74, 6) is -5.40. The Morgan fingerprint density at radius 3 is 1.22 bits per heavy atom. The first-order valence-electron chi connectivity index (χ1n) is 14.7. The molecule has 0 aliphatic carbocycles. The van der Waals surface area contributed by atoms with Crippen LogP contribution in [0.4, 0.5) is 0 Å². The van der Waals surface area contributed by atoms with E-state index >= 15 is 0 Å². The molecule has 3 aromatic rings. The summed E-state index contributed by atoms with van der Waals surface area (Å²) in [5, 5.41) is 27.3. The fourth-order valence-corrected chi connectivity index (χ4v) is 3.99. The first-order valence-corrected chi connectivity index (χ1v) is 14.7. The van der Waals surface area contributed by atoms with E-state index in [9.17, 15) is 33.9 Å². The van der Waals surface area contributed by atoms with Crippen molar-refractivity contribution >= 4 is 35.8 Å². The van der Waals surface area contributed by atoms with Crippen LogP contribution in [0, 0.1) is 10.8 Å². The van der Waals surface area contributed by atoms with E-state index in [2.05, 4.69) is 0 Å². The molecule has 14 heteroatoms. The highest BCUT2D eigenvalue weighted by Crippen LogP contribution is 2.23. The fraction of sp³-hybridized carbons (Fsp3) is 0.314. The molecule has 3 N–H and O–H groups in total. The van der Waals surface area contributed by atoms with Crippen LogP contribution >= 0.6 is 0 Å². The van der Waals surface area contributed by atoms with Crippen LogP contribution in [0.2, 0.25) is 0 Å². The zero-order chi connectivity index (χ0) is 36.4. The van der Waals surface area contributed by atoms with Crippen LogP contribution in [-0.4, -0.2) is 84.4 Å². The van der Waals surface area contributed by atoms with Crippen molar-refractivity contribution in [3.8, 4) is 5.75 Å². The average Bonchev–Trinajstić information content (AvgIpc) is 3.07. The van der Waals surface area contributed by atoms with Gasteiger partial charge >= 0.3 is 35.8 Å². The van der Waals surface area contributed by atoms with Gasteiger partial charge in [0.25, 0.3) is 0 Å². The lowest BCUT2D eigenvalue weighted by Crippen LogP contribution is -2.29. The van der Waals surface area contributed by atoms with E-state index in [-0.39, 0.29) is 65.6 Å². The first-order chi connectivity index (χ1) is 23.0. The standard InChI is InChI=1S/C35H36O14/c1-34(2,16-45-30(41)22-7-5-21(6-8-22)28(37)38)17-46-31(42)23-9-11-24(12-10-23)32(43)47-18-35(3,4)19-48-33(44)26-14-13-25(49-20-36)15-27(26)29(39)40/h5-15,36H,16-20H2,1-4H3,(H,37,38)(H,39,40). The van der Waals surface area contributed by atoms with Crippen molar-refractivity contribution in [3.05, 3.63) is 100 Å². The number of carboxylic acids is 2. The molecular weight excluding hydrogens is 644 g/mol. The summed E-state index contributed by atoms with van der Waals surface area (Å²) < 4.78 is 26.2. The van der Waals surface area contributed by atoms with Gasteiger partial charge in [-0.25, -0.2) is 28.8 Å². The summed E-state index contributed by atoms with van der Waals surface area (Å²) in [5.41, 5.74) is -1.70. The lowest BCUT2D eigenvalue weighted by molar-refractivity contribution is 0.00479. The van der Waals surface area contributed by atoms with Crippen molar-refractivity contribution < 1.29 is 67.8 Å². The molecule has 0 radical (unpaired) electrons. The Morgan fingerprint density at radius 1 is 0.510 bits per heavy atom. The molecule has 3 aromatic carbocycles. The van der Waals surface area contributed by atoms with Crippen LogP contribution in [0.3, 0.4) is 0 Å². The van der Waals surface area contributed by atoms with Gasteiger partial charge in [-0.1, -0.05) is 27.7 Å². The summed E-state index contributed by atoms with van der Waals surface area (Å²) in [7, 11) is 0. The minimum absolute atomic E-state index is 0.0318. The Morgan fingerprint density at radius 2 is 0.878 bits per heavy atom. The zero-order valence-corrected chi connectivity index (χ0v) is 27.2. The van der Waals surface area contributed by atoms with E-state index < -0.39 is 53.4 Å². The van der Waals surface area contributed by atoms with Crippen LogP contribution in [0.1, 0.15) is 89.8 Å². The van der Waals surface area contributed by atoms with E-state index in [0.717, 1.165) is 6.07 Å². The van der Waals surface area contributed by atoms with Gasteiger partial charge in [0.05, 0.1) is 59.8 Å². The number of esters is 4. The third-order valence-electron chi connectivity index (χ3n) is 6.77. The van der Waals surface area contributed by atoms with Crippen molar-refractivity contribution in [1.82, 2.24) is 0 Å². The lowest BCUT2D eigenvalue weighted by atomic mass is 9.96. The number of benzene rings is 3. The second-order valence-electron chi connectivity index (χ2n) is 12.4. The molecule has 0 aliphatic rings. The van der Waals surface area contributed by atoms with Gasteiger partial charge in [0.1, 0.15) is 5.75 Å². The topological polar surface area (TPSA) is 209 Å². The van der Waals surface area contributed by atoms with E-state index in [0.29, 0.717) is 0 Å². The molecule has 0 fully saturated rings. The Hall–Kier alpha value is -5.76. The summed E-state index contributed by atoms with van der Waals surface area (Å²) in [6.07, 6.45) is 0. The predicted molar refractivity (Wildman–Crippen MR) is 170 cm³/mol. The smallest absolute Gasteiger partial charge is 0.339 e. The molecule has 0 saturated carbocycles. The Labute approximate surface area is 281 Å². The highest BCUT2D eigenvalue weighted by atomic mass is 16.6. The summed E-state index contributed by atoms with van der Waals surface area (Å²) in [6.45, 7) is 5.56. The van der Waals surface area contributed by atoms with Gasteiger partial charge in [-0.2, -0.15) is 0 Å². The van der Waals surface area contributed by atoms with Gasteiger partial charge in [-0.3, -0.25) is 0 Å². The summed E-state index contributed by atoms with van der Waals surface area (Å²) >= 11 is 0. The minimum Gasteiger partial charge on any atom is -0.478 e. The molecule has 0 atom stereocenters. The lowest BCUT2D eigenvalue weighted by Gasteiger charge is -2.24.